The highest BCUT2D eigenvalue weighted by Crippen LogP contribution is 2.11. The molecule has 1 aromatic carbocycles. The van der Waals surface area contributed by atoms with E-state index in [2.05, 4.69) is 25.6 Å². The second-order valence-electron chi connectivity index (χ2n) is 3.66. The SMILES string of the molecule is C=Cc1ccccc1COCCCCC. The predicted octanol–water partition coefficient (Wildman–Crippen LogP) is 4.04. The Bertz CT molecular complexity index is 291. The molecular weight excluding hydrogens is 184 g/mol. The molecule has 1 aromatic rings. The van der Waals surface area contributed by atoms with Gasteiger partial charge >= 0.3 is 0 Å². The fraction of sp³-hybridized carbons (Fsp3) is 0.429. The van der Waals surface area contributed by atoms with Gasteiger partial charge in [-0.15, -0.1) is 0 Å². The molecule has 0 bridgehead atoms. The number of unbranched alkanes of at least 4 members (excludes halogenated alkanes) is 2. The molecule has 0 radical (unpaired) electrons. The summed E-state index contributed by atoms with van der Waals surface area (Å²) in [6.07, 6.45) is 5.53. The summed E-state index contributed by atoms with van der Waals surface area (Å²) in [6, 6.07) is 8.23. The van der Waals surface area contributed by atoms with Crippen LogP contribution in [0, 0.1) is 0 Å². The van der Waals surface area contributed by atoms with Gasteiger partial charge in [0.25, 0.3) is 0 Å². The molecule has 0 atom stereocenters. The van der Waals surface area contributed by atoms with E-state index in [0.717, 1.165) is 13.0 Å². The van der Waals surface area contributed by atoms with Crippen LogP contribution in [0.2, 0.25) is 0 Å². The lowest BCUT2D eigenvalue weighted by molar-refractivity contribution is 0.117. The molecule has 0 heterocycles. The molecular formula is C14H20O. The van der Waals surface area contributed by atoms with Crippen LogP contribution in [-0.4, -0.2) is 6.61 Å². The van der Waals surface area contributed by atoms with Crippen molar-refractivity contribution in [2.45, 2.75) is 32.8 Å². The molecule has 0 unspecified atom stereocenters. The first kappa shape index (κ1) is 12.0. The molecule has 1 heteroatoms. The zero-order valence-corrected chi connectivity index (χ0v) is 9.54. The summed E-state index contributed by atoms with van der Waals surface area (Å²) in [5, 5.41) is 0. The molecule has 1 nitrogen and oxygen atoms in total. The van der Waals surface area contributed by atoms with Crippen LogP contribution in [0.3, 0.4) is 0 Å². The third-order valence-corrected chi connectivity index (χ3v) is 2.42. The summed E-state index contributed by atoms with van der Waals surface area (Å²) in [5.74, 6) is 0. The van der Waals surface area contributed by atoms with E-state index in [1.165, 1.54) is 24.0 Å². The maximum Gasteiger partial charge on any atom is 0.0722 e. The Kier molecular flexibility index (Phi) is 5.79. The molecule has 0 fully saturated rings. The van der Waals surface area contributed by atoms with Crippen LogP contribution in [0.4, 0.5) is 0 Å². The van der Waals surface area contributed by atoms with E-state index in [-0.39, 0.29) is 0 Å². The van der Waals surface area contributed by atoms with Crippen LogP contribution in [0.15, 0.2) is 30.8 Å². The summed E-state index contributed by atoms with van der Waals surface area (Å²) in [5.41, 5.74) is 2.40. The topological polar surface area (TPSA) is 9.23 Å². The van der Waals surface area contributed by atoms with Crippen LogP contribution in [-0.2, 0) is 11.3 Å². The van der Waals surface area contributed by atoms with Crippen molar-refractivity contribution >= 4 is 6.08 Å². The minimum absolute atomic E-state index is 0.700. The summed E-state index contributed by atoms with van der Waals surface area (Å²) in [6.45, 7) is 7.56. The molecule has 1 rings (SSSR count). The van der Waals surface area contributed by atoms with Crippen molar-refractivity contribution in [1.82, 2.24) is 0 Å². The van der Waals surface area contributed by atoms with Gasteiger partial charge in [0.1, 0.15) is 0 Å². The van der Waals surface area contributed by atoms with E-state index in [9.17, 15) is 0 Å². The molecule has 0 aromatic heterocycles. The molecule has 0 spiro atoms. The molecule has 0 aliphatic heterocycles. The van der Waals surface area contributed by atoms with E-state index >= 15 is 0 Å². The van der Waals surface area contributed by atoms with Gasteiger partial charge in [0.05, 0.1) is 6.61 Å². The number of hydrogen-bond donors (Lipinski definition) is 0. The molecule has 0 N–H and O–H groups in total. The number of rotatable bonds is 7. The van der Waals surface area contributed by atoms with E-state index < -0.39 is 0 Å². The van der Waals surface area contributed by atoms with Gasteiger partial charge in [0, 0.05) is 6.61 Å². The average Bonchev–Trinajstić information content (AvgIpc) is 2.29. The van der Waals surface area contributed by atoms with Gasteiger partial charge in [0.15, 0.2) is 0 Å². The van der Waals surface area contributed by atoms with Crippen molar-refractivity contribution in [3.63, 3.8) is 0 Å². The average molecular weight is 204 g/mol. The molecule has 15 heavy (non-hydrogen) atoms. The molecule has 0 amide bonds. The van der Waals surface area contributed by atoms with E-state index in [4.69, 9.17) is 4.74 Å². The van der Waals surface area contributed by atoms with Crippen LogP contribution in [0.25, 0.3) is 6.08 Å². The molecule has 0 aliphatic carbocycles. The van der Waals surface area contributed by atoms with Gasteiger partial charge in [-0.05, 0) is 17.5 Å². The fourth-order valence-corrected chi connectivity index (χ4v) is 1.50. The van der Waals surface area contributed by atoms with E-state index in [1.807, 2.05) is 18.2 Å². The third kappa shape index (κ3) is 4.30. The van der Waals surface area contributed by atoms with Gasteiger partial charge in [-0.2, -0.15) is 0 Å². The first-order valence-corrected chi connectivity index (χ1v) is 5.66. The van der Waals surface area contributed by atoms with Crippen molar-refractivity contribution in [3.8, 4) is 0 Å². The summed E-state index contributed by atoms with van der Waals surface area (Å²) in [4.78, 5) is 0. The zero-order valence-electron chi connectivity index (χ0n) is 9.54. The Labute approximate surface area is 92.8 Å². The molecule has 0 aliphatic rings. The first-order chi connectivity index (χ1) is 7.38. The lowest BCUT2D eigenvalue weighted by Gasteiger charge is -2.06. The minimum atomic E-state index is 0.700. The smallest absolute Gasteiger partial charge is 0.0722 e. The summed E-state index contributed by atoms with van der Waals surface area (Å²) < 4.78 is 5.62. The third-order valence-electron chi connectivity index (χ3n) is 2.42. The first-order valence-electron chi connectivity index (χ1n) is 5.66. The second kappa shape index (κ2) is 7.24. The van der Waals surface area contributed by atoms with Crippen molar-refractivity contribution in [2.75, 3.05) is 6.61 Å². The highest BCUT2D eigenvalue weighted by Gasteiger charge is 1.97. The Morgan fingerprint density at radius 1 is 1.27 bits per heavy atom. The summed E-state index contributed by atoms with van der Waals surface area (Å²) >= 11 is 0. The Hall–Kier alpha value is -1.08. The van der Waals surface area contributed by atoms with Crippen molar-refractivity contribution in [3.05, 3.63) is 42.0 Å². The Morgan fingerprint density at radius 2 is 2.07 bits per heavy atom. The highest BCUT2D eigenvalue weighted by atomic mass is 16.5. The highest BCUT2D eigenvalue weighted by molar-refractivity contribution is 5.51. The van der Waals surface area contributed by atoms with Gasteiger partial charge in [-0.3, -0.25) is 0 Å². The number of hydrogen-bond acceptors (Lipinski definition) is 1. The molecule has 82 valence electrons. The Balaban J connectivity index is 2.33. The maximum atomic E-state index is 5.62. The standard InChI is InChI=1S/C14H20O/c1-3-5-8-11-15-12-14-10-7-6-9-13(14)4-2/h4,6-7,9-10H,2-3,5,8,11-12H2,1H3. The molecule has 0 saturated carbocycles. The lowest BCUT2D eigenvalue weighted by atomic mass is 10.1. The van der Waals surface area contributed by atoms with Gasteiger partial charge in [0.2, 0.25) is 0 Å². The second-order valence-corrected chi connectivity index (χ2v) is 3.66. The molecule has 0 saturated heterocycles. The van der Waals surface area contributed by atoms with E-state index in [1.54, 1.807) is 0 Å². The van der Waals surface area contributed by atoms with Crippen molar-refractivity contribution in [2.24, 2.45) is 0 Å². The summed E-state index contributed by atoms with van der Waals surface area (Å²) in [7, 11) is 0. The predicted molar refractivity (Wildman–Crippen MR) is 65.7 cm³/mol. The fourth-order valence-electron chi connectivity index (χ4n) is 1.50. The Morgan fingerprint density at radius 3 is 2.80 bits per heavy atom. The maximum absolute atomic E-state index is 5.62. The number of ether oxygens (including phenoxy) is 1. The van der Waals surface area contributed by atoms with Crippen molar-refractivity contribution in [1.29, 1.82) is 0 Å². The quantitative estimate of drug-likeness (QED) is 0.609. The van der Waals surface area contributed by atoms with Crippen LogP contribution < -0.4 is 0 Å². The zero-order chi connectivity index (χ0) is 10.9. The van der Waals surface area contributed by atoms with Crippen LogP contribution in [0.1, 0.15) is 37.3 Å². The van der Waals surface area contributed by atoms with Crippen LogP contribution >= 0.6 is 0 Å². The van der Waals surface area contributed by atoms with Gasteiger partial charge in [-0.25, -0.2) is 0 Å². The lowest BCUT2D eigenvalue weighted by Crippen LogP contribution is -1.97. The van der Waals surface area contributed by atoms with E-state index in [0.29, 0.717) is 6.61 Å². The van der Waals surface area contributed by atoms with Gasteiger partial charge in [-0.1, -0.05) is 56.7 Å². The van der Waals surface area contributed by atoms with Gasteiger partial charge < -0.3 is 4.74 Å². The van der Waals surface area contributed by atoms with Crippen LogP contribution in [0.5, 0.6) is 0 Å². The van der Waals surface area contributed by atoms with Crippen molar-refractivity contribution < 1.29 is 4.74 Å². The minimum Gasteiger partial charge on any atom is -0.377 e. The number of benzene rings is 1. The monoisotopic (exact) mass is 204 g/mol. The largest absolute Gasteiger partial charge is 0.377 e. The normalized spacial score (nSPS) is 10.2.